The Balaban J connectivity index is 1.49. The van der Waals surface area contributed by atoms with Crippen LogP contribution in [0.1, 0.15) is 86.0 Å². The van der Waals surface area contributed by atoms with E-state index in [0.29, 0.717) is 5.92 Å². The molecule has 0 amide bonds. The zero-order valence-corrected chi connectivity index (χ0v) is 19.8. The summed E-state index contributed by atoms with van der Waals surface area (Å²) < 4.78 is 5.39. The molecule has 3 aromatic rings. The lowest BCUT2D eigenvalue weighted by molar-refractivity contribution is 0.308. The third kappa shape index (κ3) is 5.82. The molecule has 1 aliphatic carbocycles. The van der Waals surface area contributed by atoms with Crippen LogP contribution in [0.25, 0.3) is 0 Å². The van der Waals surface area contributed by atoms with Gasteiger partial charge in [0, 0.05) is 5.92 Å². The van der Waals surface area contributed by atoms with E-state index in [1.807, 2.05) is 0 Å². The van der Waals surface area contributed by atoms with Crippen molar-refractivity contribution in [2.24, 2.45) is 5.92 Å². The molecule has 0 spiro atoms. The van der Waals surface area contributed by atoms with E-state index in [1.165, 1.54) is 55.2 Å². The van der Waals surface area contributed by atoms with Crippen molar-refractivity contribution in [3.63, 3.8) is 0 Å². The van der Waals surface area contributed by atoms with Gasteiger partial charge in [-0.15, -0.1) is 0 Å². The van der Waals surface area contributed by atoms with Crippen molar-refractivity contribution in [2.75, 3.05) is 7.11 Å². The minimum absolute atomic E-state index is 0.399. The van der Waals surface area contributed by atoms with Crippen LogP contribution in [0.2, 0.25) is 0 Å². The minimum Gasteiger partial charge on any atom is -0.497 e. The maximum absolute atomic E-state index is 5.39. The molecule has 1 atom stereocenters. The lowest BCUT2D eigenvalue weighted by Crippen LogP contribution is -2.13. The number of hydrogen-bond donors (Lipinski definition) is 0. The van der Waals surface area contributed by atoms with Gasteiger partial charge in [-0.2, -0.15) is 0 Å². The molecule has 1 unspecified atom stereocenters. The highest BCUT2D eigenvalue weighted by molar-refractivity contribution is 5.38. The average Bonchev–Trinajstić information content (AvgIpc) is 2.86. The fourth-order valence-corrected chi connectivity index (χ4v) is 5.51. The molecular weight excluding hydrogens is 388 g/mol. The van der Waals surface area contributed by atoms with E-state index in [9.17, 15) is 0 Å². The Morgan fingerprint density at radius 3 is 2.00 bits per heavy atom. The van der Waals surface area contributed by atoms with Gasteiger partial charge in [-0.05, 0) is 84.7 Å². The molecule has 1 nitrogen and oxygen atoms in total. The standard InChI is InChI=1S/C31H38O/c1-3-7-24-10-13-26(14-11-24)27-15-17-28(18-16-27)31(23-12-25-8-5-4-6-9-25)29-19-21-30(32-2)22-20-29/h4-6,8-9,15-22,24,26,31H,3,7,10-14,23H2,1-2H3. The molecule has 168 valence electrons. The summed E-state index contributed by atoms with van der Waals surface area (Å²) in [5.41, 5.74) is 5.75. The Morgan fingerprint density at radius 1 is 0.781 bits per heavy atom. The van der Waals surface area contributed by atoms with E-state index in [0.717, 1.165) is 30.4 Å². The molecule has 1 saturated carbocycles. The first-order valence-corrected chi connectivity index (χ1v) is 12.5. The maximum Gasteiger partial charge on any atom is 0.118 e. The van der Waals surface area contributed by atoms with Gasteiger partial charge < -0.3 is 4.74 Å². The zero-order chi connectivity index (χ0) is 22.2. The fourth-order valence-electron chi connectivity index (χ4n) is 5.51. The molecule has 0 N–H and O–H groups in total. The number of benzene rings is 3. The van der Waals surface area contributed by atoms with Crippen molar-refractivity contribution in [1.82, 2.24) is 0 Å². The van der Waals surface area contributed by atoms with Crippen molar-refractivity contribution in [3.05, 3.63) is 101 Å². The molecule has 1 heteroatoms. The molecule has 0 bridgehead atoms. The molecule has 1 fully saturated rings. The SMILES string of the molecule is CCCC1CCC(c2ccc(C(CCc3ccccc3)c3ccc(OC)cc3)cc2)CC1. The third-order valence-electron chi connectivity index (χ3n) is 7.44. The summed E-state index contributed by atoms with van der Waals surface area (Å²) in [4.78, 5) is 0. The van der Waals surface area contributed by atoms with Crippen LogP contribution >= 0.6 is 0 Å². The van der Waals surface area contributed by atoms with Crippen LogP contribution in [-0.4, -0.2) is 7.11 Å². The van der Waals surface area contributed by atoms with Crippen molar-refractivity contribution in [1.29, 1.82) is 0 Å². The predicted octanol–water partition coefficient (Wildman–Crippen LogP) is 8.53. The first kappa shape index (κ1) is 22.6. The number of methoxy groups -OCH3 is 1. The molecule has 0 aromatic heterocycles. The smallest absolute Gasteiger partial charge is 0.118 e. The first-order chi connectivity index (χ1) is 15.8. The van der Waals surface area contributed by atoms with E-state index in [2.05, 4.69) is 85.8 Å². The van der Waals surface area contributed by atoms with Gasteiger partial charge in [0.05, 0.1) is 7.11 Å². The molecule has 4 rings (SSSR count). The Hall–Kier alpha value is -2.54. The number of hydrogen-bond acceptors (Lipinski definition) is 1. The van der Waals surface area contributed by atoms with Gasteiger partial charge >= 0.3 is 0 Å². The number of rotatable bonds is 9. The van der Waals surface area contributed by atoms with Crippen LogP contribution in [0, 0.1) is 5.92 Å². The summed E-state index contributed by atoms with van der Waals surface area (Å²) in [7, 11) is 1.73. The van der Waals surface area contributed by atoms with Crippen molar-refractivity contribution < 1.29 is 4.74 Å². The lowest BCUT2D eigenvalue weighted by atomic mass is 9.77. The van der Waals surface area contributed by atoms with Crippen molar-refractivity contribution in [2.45, 2.75) is 70.1 Å². The van der Waals surface area contributed by atoms with Crippen LogP contribution < -0.4 is 4.74 Å². The number of ether oxygens (including phenoxy) is 1. The Labute approximate surface area is 194 Å². The monoisotopic (exact) mass is 426 g/mol. The van der Waals surface area contributed by atoms with Crippen LogP contribution in [0.3, 0.4) is 0 Å². The minimum atomic E-state index is 0.399. The maximum atomic E-state index is 5.39. The van der Waals surface area contributed by atoms with E-state index in [1.54, 1.807) is 12.7 Å². The third-order valence-corrected chi connectivity index (χ3v) is 7.44. The van der Waals surface area contributed by atoms with Gasteiger partial charge in [-0.25, -0.2) is 0 Å². The molecule has 0 saturated heterocycles. The second-order valence-corrected chi connectivity index (χ2v) is 9.52. The first-order valence-electron chi connectivity index (χ1n) is 12.5. The normalized spacial score (nSPS) is 19.4. The summed E-state index contributed by atoms with van der Waals surface area (Å²) in [6.07, 6.45) is 10.5. The highest BCUT2D eigenvalue weighted by Gasteiger charge is 2.22. The molecule has 1 aliphatic rings. The van der Waals surface area contributed by atoms with E-state index in [4.69, 9.17) is 4.74 Å². The average molecular weight is 427 g/mol. The molecular formula is C31H38O. The van der Waals surface area contributed by atoms with Crippen LogP contribution in [0.5, 0.6) is 5.75 Å². The second kappa shape index (κ2) is 11.4. The quantitative estimate of drug-likeness (QED) is 0.333. The fraction of sp³-hybridized carbons (Fsp3) is 0.419. The van der Waals surface area contributed by atoms with E-state index in [-0.39, 0.29) is 0 Å². The summed E-state index contributed by atoms with van der Waals surface area (Å²) in [6.45, 7) is 2.32. The van der Waals surface area contributed by atoms with Gasteiger partial charge in [0.25, 0.3) is 0 Å². The van der Waals surface area contributed by atoms with Crippen LogP contribution in [0.4, 0.5) is 0 Å². The van der Waals surface area contributed by atoms with Crippen molar-refractivity contribution in [3.8, 4) is 5.75 Å². The molecule has 32 heavy (non-hydrogen) atoms. The summed E-state index contributed by atoms with van der Waals surface area (Å²) in [5, 5.41) is 0. The summed E-state index contributed by atoms with van der Waals surface area (Å²) in [6, 6.07) is 29.1. The predicted molar refractivity (Wildman–Crippen MR) is 136 cm³/mol. The topological polar surface area (TPSA) is 9.23 Å². The van der Waals surface area contributed by atoms with Crippen molar-refractivity contribution >= 4 is 0 Å². The Bertz CT molecular complexity index is 918. The highest BCUT2D eigenvalue weighted by atomic mass is 16.5. The lowest BCUT2D eigenvalue weighted by Gasteiger charge is -2.29. The summed E-state index contributed by atoms with van der Waals surface area (Å²) >= 11 is 0. The van der Waals surface area contributed by atoms with Gasteiger partial charge in [0.15, 0.2) is 0 Å². The van der Waals surface area contributed by atoms with Gasteiger partial charge in [-0.1, -0.05) is 86.5 Å². The highest BCUT2D eigenvalue weighted by Crippen LogP contribution is 2.38. The number of aryl methyl sites for hydroxylation is 1. The van der Waals surface area contributed by atoms with Crippen LogP contribution in [-0.2, 0) is 6.42 Å². The molecule has 3 aromatic carbocycles. The Morgan fingerprint density at radius 2 is 1.41 bits per heavy atom. The van der Waals surface area contributed by atoms with Gasteiger partial charge in [0.1, 0.15) is 5.75 Å². The second-order valence-electron chi connectivity index (χ2n) is 9.52. The van der Waals surface area contributed by atoms with Gasteiger partial charge in [-0.3, -0.25) is 0 Å². The largest absolute Gasteiger partial charge is 0.497 e. The molecule has 0 heterocycles. The summed E-state index contributed by atoms with van der Waals surface area (Å²) in [5.74, 6) is 3.04. The zero-order valence-electron chi connectivity index (χ0n) is 19.8. The van der Waals surface area contributed by atoms with Gasteiger partial charge in [0.2, 0.25) is 0 Å². The van der Waals surface area contributed by atoms with Crippen LogP contribution in [0.15, 0.2) is 78.9 Å². The molecule has 0 radical (unpaired) electrons. The molecule has 0 aliphatic heterocycles. The van der Waals surface area contributed by atoms with E-state index < -0.39 is 0 Å². The Kier molecular flexibility index (Phi) is 8.04. The van der Waals surface area contributed by atoms with E-state index >= 15 is 0 Å².